The molecule has 0 bridgehead atoms. The van der Waals surface area contributed by atoms with E-state index < -0.39 is 60.1 Å². The zero-order valence-corrected chi connectivity index (χ0v) is 14.6. The Morgan fingerprint density at radius 1 is 0.880 bits per heavy atom. The summed E-state index contributed by atoms with van der Waals surface area (Å²) >= 11 is 0. The van der Waals surface area contributed by atoms with Gasteiger partial charge in [0, 0.05) is 26.7 Å². The summed E-state index contributed by atoms with van der Waals surface area (Å²) in [5.74, 6) is -3.28. The minimum absolute atomic E-state index is 0.191. The third-order valence-electron chi connectivity index (χ3n) is 4.02. The molecule has 1 saturated heterocycles. The van der Waals surface area contributed by atoms with Gasteiger partial charge in [0.2, 0.25) is 0 Å². The molecule has 0 aromatic heterocycles. The first-order valence-electron chi connectivity index (χ1n) is 8.06. The van der Waals surface area contributed by atoms with E-state index in [1.165, 1.54) is 20.8 Å². The van der Waals surface area contributed by atoms with Crippen LogP contribution in [0.25, 0.3) is 0 Å². The fourth-order valence-electron chi connectivity index (χ4n) is 3.12. The van der Waals surface area contributed by atoms with Crippen molar-refractivity contribution >= 4 is 23.9 Å². The van der Waals surface area contributed by atoms with Gasteiger partial charge in [-0.05, 0) is 6.92 Å². The SMILES string of the molecule is CCOC(=O)[C@H]1C2O[C@H](COC(C)=O)[C@@H](OC(C)=O)[C@H](OC(C)=O)[C@H]21. The van der Waals surface area contributed by atoms with Gasteiger partial charge in [-0.15, -0.1) is 0 Å². The summed E-state index contributed by atoms with van der Waals surface area (Å²) in [5.41, 5.74) is 0. The molecule has 140 valence electrons. The van der Waals surface area contributed by atoms with Crippen LogP contribution in [0.1, 0.15) is 27.7 Å². The molecular weight excluding hydrogens is 336 g/mol. The Kier molecular flexibility index (Phi) is 5.99. The molecule has 0 aromatic rings. The van der Waals surface area contributed by atoms with Crippen LogP contribution >= 0.6 is 0 Å². The standard InChI is InChI=1S/C16H22O9/c1-5-21-16(20)12-11-14(12)25-10(6-22-7(2)17)13(23-8(3)18)15(11)24-9(4)19/h10-15H,5-6H2,1-4H3/t10-,11+,12-,13-,14?,15-/m1/s1. The van der Waals surface area contributed by atoms with Crippen molar-refractivity contribution in [1.29, 1.82) is 0 Å². The van der Waals surface area contributed by atoms with Crippen molar-refractivity contribution < 1.29 is 42.9 Å². The zero-order valence-electron chi connectivity index (χ0n) is 14.6. The number of hydrogen-bond acceptors (Lipinski definition) is 9. The van der Waals surface area contributed by atoms with E-state index in [0.717, 1.165) is 0 Å². The molecule has 1 heterocycles. The molecular formula is C16H22O9. The fourth-order valence-corrected chi connectivity index (χ4v) is 3.12. The molecule has 9 nitrogen and oxygen atoms in total. The maximum atomic E-state index is 12.1. The molecule has 2 fully saturated rings. The molecule has 2 aliphatic rings. The first kappa shape index (κ1) is 19.2. The Hall–Kier alpha value is -2.16. The molecule has 9 heteroatoms. The first-order chi connectivity index (χ1) is 11.8. The van der Waals surface area contributed by atoms with Gasteiger partial charge in [0.1, 0.15) is 18.8 Å². The second-order valence-electron chi connectivity index (χ2n) is 5.95. The summed E-state index contributed by atoms with van der Waals surface area (Å²) in [6.07, 6.45) is -3.26. The minimum atomic E-state index is -0.985. The van der Waals surface area contributed by atoms with E-state index >= 15 is 0 Å². The van der Waals surface area contributed by atoms with E-state index in [9.17, 15) is 19.2 Å². The van der Waals surface area contributed by atoms with Gasteiger partial charge in [0.05, 0.1) is 18.6 Å². The zero-order chi connectivity index (χ0) is 18.7. The summed E-state index contributed by atoms with van der Waals surface area (Å²) in [6.45, 7) is 5.35. The molecule has 1 aliphatic heterocycles. The molecule has 0 spiro atoms. The first-order valence-corrected chi connectivity index (χ1v) is 8.06. The van der Waals surface area contributed by atoms with Crippen molar-refractivity contribution in [3.63, 3.8) is 0 Å². The van der Waals surface area contributed by atoms with E-state index in [1.807, 2.05) is 0 Å². The smallest absolute Gasteiger partial charge is 0.312 e. The van der Waals surface area contributed by atoms with Crippen LogP contribution < -0.4 is 0 Å². The summed E-state index contributed by atoms with van der Waals surface area (Å²) < 4.78 is 26.3. The van der Waals surface area contributed by atoms with Crippen molar-refractivity contribution in [2.24, 2.45) is 11.8 Å². The molecule has 1 unspecified atom stereocenters. The Morgan fingerprint density at radius 2 is 1.48 bits per heavy atom. The van der Waals surface area contributed by atoms with Gasteiger partial charge in [-0.1, -0.05) is 0 Å². The summed E-state index contributed by atoms with van der Waals surface area (Å²) in [4.78, 5) is 46.1. The average molecular weight is 358 g/mol. The van der Waals surface area contributed by atoms with Gasteiger partial charge in [0.25, 0.3) is 0 Å². The lowest BCUT2D eigenvalue weighted by Crippen LogP contribution is -2.51. The van der Waals surface area contributed by atoms with Crippen LogP contribution in [-0.2, 0) is 42.9 Å². The van der Waals surface area contributed by atoms with Crippen LogP contribution in [0.5, 0.6) is 0 Å². The molecule has 1 saturated carbocycles. The predicted molar refractivity (Wildman–Crippen MR) is 80.0 cm³/mol. The molecule has 2 rings (SSSR count). The Morgan fingerprint density at radius 3 is 2.00 bits per heavy atom. The van der Waals surface area contributed by atoms with Crippen LogP contribution in [0, 0.1) is 11.8 Å². The maximum absolute atomic E-state index is 12.1. The van der Waals surface area contributed by atoms with E-state index in [0.29, 0.717) is 0 Å². The lowest BCUT2D eigenvalue weighted by molar-refractivity contribution is -0.202. The molecule has 0 radical (unpaired) electrons. The maximum Gasteiger partial charge on any atom is 0.312 e. The highest BCUT2D eigenvalue weighted by Crippen LogP contribution is 2.52. The van der Waals surface area contributed by atoms with Crippen LogP contribution in [-0.4, -0.2) is 61.5 Å². The molecule has 6 atom stereocenters. The topological polar surface area (TPSA) is 114 Å². The predicted octanol–water partition coefficient (Wildman–Crippen LogP) is -0.0106. The van der Waals surface area contributed by atoms with E-state index in [2.05, 4.69) is 0 Å². The van der Waals surface area contributed by atoms with Crippen LogP contribution in [0.15, 0.2) is 0 Å². The molecule has 0 N–H and O–H groups in total. The van der Waals surface area contributed by atoms with Gasteiger partial charge >= 0.3 is 23.9 Å². The quantitative estimate of drug-likeness (QED) is 0.477. The van der Waals surface area contributed by atoms with Crippen molar-refractivity contribution in [1.82, 2.24) is 0 Å². The normalized spacial score (nSPS) is 32.8. The Labute approximate surface area is 144 Å². The van der Waals surface area contributed by atoms with Crippen LogP contribution in [0.2, 0.25) is 0 Å². The highest BCUT2D eigenvalue weighted by Gasteiger charge is 2.68. The average Bonchev–Trinajstić information content (AvgIpc) is 3.21. The van der Waals surface area contributed by atoms with Gasteiger partial charge in [-0.3, -0.25) is 19.2 Å². The number of carbonyl (C=O) groups excluding carboxylic acids is 4. The fraction of sp³-hybridized carbons (Fsp3) is 0.750. The number of esters is 4. The lowest BCUT2D eigenvalue weighted by atomic mass is 10.00. The Bertz CT molecular complexity index is 558. The molecule has 25 heavy (non-hydrogen) atoms. The summed E-state index contributed by atoms with van der Waals surface area (Å²) in [6, 6.07) is 0. The highest BCUT2D eigenvalue weighted by atomic mass is 16.6. The van der Waals surface area contributed by atoms with Gasteiger partial charge in [-0.2, -0.15) is 0 Å². The lowest BCUT2D eigenvalue weighted by Gasteiger charge is -2.35. The van der Waals surface area contributed by atoms with Crippen molar-refractivity contribution in [2.75, 3.05) is 13.2 Å². The third kappa shape index (κ3) is 4.47. The molecule has 1 aliphatic carbocycles. The second kappa shape index (κ2) is 7.81. The van der Waals surface area contributed by atoms with E-state index in [4.69, 9.17) is 23.7 Å². The summed E-state index contributed by atoms with van der Waals surface area (Å²) in [7, 11) is 0. The highest BCUT2D eigenvalue weighted by molar-refractivity contribution is 5.78. The van der Waals surface area contributed by atoms with Crippen LogP contribution in [0.3, 0.4) is 0 Å². The van der Waals surface area contributed by atoms with Gasteiger partial charge in [-0.25, -0.2) is 0 Å². The molecule has 0 aromatic carbocycles. The number of carbonyl (C=O) groups is 4. The largest absolute Gasteiger partial charge is 0.466 e. The second-order valence-corrected chi connectivity index (χ2v) is 5.95. The van der Waals surface area contributed by atoms with E-state index in [1.54, 1.807) is 6.92 Å². The summed E-state index contributed by atoms with van der Waals surface area (Å²) in [5, 5.41) is 0. The van der Waals surface area contributed by atoms with Gasteiger partial charge < -0.3 is 23.7 Å². The number of rotatable bonds is 6. The van der Waals surface area contributed by atoms with Crippen molar-refractivity contribution in [3.8, 4) is 0 Å². The Balaban J connectivity index is 2.23. The number of ether oxygens (including phenoxy) is 5. The number of hydrogen-bond donors (Lipinski definition) is 0. The van der Waals surface area contributed by atoms with Crippen LogP contribution in [0.4, 0.5) is 0 Å². The number of fused-ring (bicyclic) bond motifs is 1. The van der Waals surface area contributed by atoms with E-state index in [-0.39, 0.29) is 13.2 Å². The monoisotopic (exact) mass is 358 g/mol. The van der Waals surface area contributed by atoms with Gasteiger partial charge in [0.15, 0.2) is 6.10 Å². The van der Waals surface area contributed by atoms with Crippen molar-refractivity contribution in [2.45, 2.75) is 52.1 Å². The molecule has 0 amide bonds. The minimum Gasteiger partial charge on any atom is -0.466 e. The third-order valence-corrected chi connectivity index (χ3v) is 4.02. The van der Waals surface area contributed by atoms with Crippen molar-refractivity contribution in [3.05, 3.63) is 0 Å².